The van der Waals surface area contributed by atoms with Gasteiger partial charge in [0.15, 0.2) is 11.6 Å². The number of hydrogen-bond acceptors (Lipinski definition) is 2. The lowest BCUT2D eigenvalue weighted by molar-refractivity contribution is 0.446. The number of halogens is 3. The molecular formula is C11H14F3NO2S. The van der Waals surface area contributed by atoms with E-state index in [4.69, 9.17) is 0 Å². The number of nitrogens with zero attached hydrogens (tertiary/aromatic N) is 1. The normalized spacial score (nSPS) is 12.1. The zero-order valence-electron chi connectivity index (χ0n) is 10.1. The van der Waals surface area contributed by atoms with Crippen LogP contribution >= 0.6 is 0 Å². The van der Waals surface area contributed by atoms with Crippen LogP contribution in [0.1, 0.15) is 19.8 Å². The van der Waals surface area contributed by atoms with Gasteiger partial charge >= 0.3 is 0 Å². The van der Waals surface area contributed by atoms with Gasteiger partial charge in [0.2, 0.25) is 10.0 Å². The summed E-state index contributed by atoms with van der Waals surface area (Å²) in [5, 5.41) is 0. The molecule has 102 valence electrons. The van der Waals surface area contributed by atoms with E-state index in [1.165, 1.54) is 7.05 Å². The maximum Gasteiger partial charge on any atom is 0.245 e. The average Bonchev–Trinajstić information content (AvgIpc) is 2.30. The first-order chi connectivity index (χ1) is 8.30. The van der Waals surface area contributed by atoms with E-state index >= 15 is 0 Å². The van der Waals surface area contributed by atoms with Crippen molar-refractivity contribution in [2.75, 3.05) is 13.6 Å². The second kappa shape index (κ2) is 5.71. The van der Waals surface area contributed by atoms with Crippen molar-refractivity contribution in [2.24, 2.45) is 0 Å². The number of benzene rings is 1. The maximum atomic E-state index is 13.4. The predicted octanol–water partition coefficient (Wildman–Crippen LogP) is 2.52. The second-order valence-corrected chi connectivity index (χ2v) is 5.89. The molecule has 0 unspecified atom stereocenters. The number of rotatable bonds is 5. The van der Waals surface area contributed by atoms with Gasteiger partial charge in [0, 0.05) is 19.7 Å². The van der Waals surface area contributed by atoms with Gasteiger partial charge in [-0.1, -0.05) is 13.3 Å². The molecule has 0 amide bonds. The highest BCUT2D eigenvalue weighted by Crippen LogP contribution is 2.21. The van der Waals surface area contributed by atoms with Gasteiger partial charge in [-0.2, -0.15) is 0 Å². The van der Waals surface area contributed by atoms with Gasteiger partial charge in [0.05, 0.1) is 0 Å². The van der Waals surface area contributed by atoms with Crippen LogP contribution in [0.15, 0.2) is 17.0 Å². The van der Waals surface area contributed by atoms with E-state index in [1.54, 1.807) is 0 Å². The first-order valence-electron chi connectivity index (χ1n) is 5.41. The Kier molecular flexibility index (Phi) is 4.75. The second-order valence-electron chi connectivity index (χ2n) is 3.88. The van der Waals surface area contributed by atoms with Gasteiger partial charge in [-0.25, -0.2) is 25.9 Å². The summed E-state index contributed by atoms with van der Waals surface area (Å²) in [5.41, 5.74) is 0. The van der Waals surface area contributed by atoms with Crippen molar-refractivity contribution in [3.05, 3.63) is 29.6 Å². The standard InChI is InChI=1S/C11H14F3NO2S/c1-3-4-5-15(2)18(16,17)11-7-9(13)8(12)6-10(11)14/h6-7H,3-5H2,1-2H3. The van der Waals surface area contributed by atoms with Crippen molar-refractivity contribution in [1.29, 1.82) is 0 Å². The predicted molar refractivity (Wildman–Crippen MR) is 61.0 cm³/mol. The molecule has 0 atom stereocenters. The minimum Gasteiger partial charge on any atom is -0.207 e. The van der Waals surface area contributed by atoms with Crippen LogP contribution in [0.3, 0.4) is 0 Å². The largest absolute Gasteiger partial charge is 0.245 e. The summed E-state index contributed by atoms with van der Waals surface area (Å²) in [7, 11) is -2.86. The van der Waals surface area contributed by atoms with Crippen molar-refractivity contribution in [3.8, 4) is 0 Å². The van der Waals surface area contributed by atoms with Crippen LogP contribution in [0.5, 0.6) is 0 Å². The monoisotopic (exact) mass is 281 g/mol. The van der Waals surface area contributed by atoms with Crippen LogP contribution in [0, 0.1) is 17.5 Å². The molecule has 0 fully saturated rings. The molecule has 0 N–H and O–H groups in total. The summed E-state index contributed by atoms with van der Waals surface area (Å²) in [6.45, 7) is 2.07. The lowest BCUT2D eigenvalue weighted by atomic mass is 10.3. The highest BCUT2D eigenvalue weighted by atomic mass is 32.2. The third-order valence-electron chi connectivity index (χ3n) is 2.49. The van der Waals surface area contributed by atoms with E-state index in [-0.39, 0.29) is 12.6 Å². The first kappa shape index (κ1) is 15.0. The molecule has 1 rings (SSSR count). The van der Waals surface area contributed by atoms with Crippen LogP contribution in [-0.2, 0) is 10.0 Å². The Morgan fingerprint density at radius 3 is 2.22 bits per heavy atom. The molecule has 1 aromatic carbocycles. The lowest BCUT2D eigenvalue weighted by Crippen LogP contribution is -2.28. The molecule has 7 heteroatoms. The smallest absolute Gasteiger partial charge is 0.207 e. The van der Waals surface area contributed by atoms with Crippen molar-refractivity contribution < 1.29 is 21.6 Å². The van der Waals surface area contributed by atoms with E-state index in [1.807, 2.05) is 6.92 Å². The molecule has 3 nitrogen and oxygen atoms in total. The zero-order chi connectivity index (χ0) is 13.9. The van der Waals surface area contributed by atoms with Gasteiger partial charge in [-0.05, 0) is 12.5 Å². The van der Waals surface area contributed by atoms with Crippen molar-refractivity contribution in [1.82, 2.24) is 4.31 Å². The lowest BCUT2D eigenvalue weighted by Gasteiger charge is -2.17. The molecular weight excluding hydrogens is 267 g/mol. The SMILES string of the molecule is CCCCN(C)S(=O)(=O)c1cc(F)c(F)cc1F. The Bertz CT molecular complexity index is 531. The van der Waals surface area contributed by atoms with Gasteiger partial charge in [-0.3, -0.25) is 0 Å². The Balaban J connectivity index is 3.16. The maximum absolute atomic E-state index is 13.4. The van der Waals surface area contributed by atoms with E-state index in [0.717, 1.165) is 10.7 Å². The fourth-order valence-electron chi connectivity index (χ4n) is 1.37. The summed E-state index contributed by atoms with van der Waals surface area (Å²) >= 11 is 0. The van der Waals surface area contributed by atoms with Gasteiger partial charge in [0.25, 0.3) is 0 Å². The third kappa shape index (κ3) is 3.02. The quantitative estimate of drug-likeness (QED) is 0.778. The number of sulfonamides is 1. The molecule has 0 aliphatic heterocycles. The molecule has 18 heavy (non-hydrogen) atoms. The Hall–Kier alpha value is -1.08. The molecule has 0 spiro atoms. The zero-order valence-corrected chi connectivity index (χ0v) is 10.9. The molecule has 0 radical (unpaired) electrons. The summed E-state index contributed by atoms with van der Waals surface area (Å²) in [5.74, 6) is -4.10. The van der Waals surface area contributed by atoms with Gasteiger partial charge in [-0.15, -0.1) is 0 Å². The van der Waals surface area contributed by atoms with Gasteiger partial charge in [0.1, 0.15) is 10.7 Å². The number of hydrogen-bond donors (Lipinski definition) is 0. The topological polar surface area (TPSA) is 37.4 Å². The molecule has 0 aromatic heterocycles. The minimum absolute atomic E-state index is 0.192. The fourth-order valence-corrected chi connectivity index (χ4v) is 2.63. The van der Waals surface area contributed by atoms with E-state index in [2.05, 4.69) is 0 Å². The molecule has 0 saturated carbocycles. The van der Waals surface area contributed by atoms with Crippen LogP contribution in [0.2, 0.25) is 0 Å². The van der Waals surface area contributed by atoms with E-state index in [9.17, 15) is 21.6 Å². The van der Waals surface area contributed by atoms with Crippen LogP contribution in [-0.4, -0.2) is 26.3 Å². The molecule has 1 aromatic rings. The summed E-state index contributed by atoms with van der Waals surface area (Å²) in [6.07, 6.45) is 1.36. The summed E-state index contributed by atoms with van der Waals surface area (Å²) in [4.78, 5) is -0.847. The van der Waals surface area contributed by atoms with Crippen molar-refractivity contribution in [2.45, 2.75) is 24.7 Å². The highest BCUT2D eigenvalue weighted by Gasteiger charge is 2.26. The minimum atomic E-state index is -4.13. The Morgan fingerprint density at radius 1 is 1.11 bits per heavy atom. The van der Waals surface area contributed by atoms with Crippen molar-refractivity contribution >= 4 is 10.0 Å². The van der Waals surface area contributed by atoms with Crippen LogP contribution in [0.25, 0.3) is 0 Å². The molecule has 0 bridgehead atoms. The van der Waals surface area contributed by atoms with E-state index < -0.39 is 32.4 Å². The van der Waals surface area contributed by atoms with E-state index in [0.29, 0.717) is 12.5 Å². The molecule has 0 saturated heterocycles. The molecule has 0 aliphatic rings. The first-order valence-corrected chi connectivity index (χ1v) is 6.85. The van der Waals surface area contributed by atoms with Crippen molar-refractivity contribution in [3.63, 3.8) is 0 Å². The third-order valence-corrected chi connectivity index (χ3v) is 4.36. The summed E-state index contributed by atoms with van der Waals surface area (Å²) < 4.78 is 63.9. The fraction of sp³-hybridized carbons (Fsp3) is 0.455. The van der Waals surface area contributed by atoms with Gasteiger partial charge < -0.3 is 0 Å². The Labute approximate surface area is 104 Å². The molecule has 0 aliphatic carbocycles. The number of unbranched alkanes of at least 4 members (excludes halogenated alkanes) is 1. The molecule has 0 heterocycles. The Morgan fingerprint density at radius 2 is 1.67 bits per heavy atom. The summed E-state index contributed by atoms with van der Waals surface area (Å²) in [6, 6.07) is 0.596. The van der Waals surface area contributed by atoms with Crippen LogP contribution < -0.4 is 0 Å². The highest BCUT2D eigenvalue weighted by molar-refractivity contribution is 7.89. The average molecular weight is 281 g/mol. The van der Waals surface area contributed by atoms with Crippen LogP contribution in [0.4, 0.5) is 13.2 Å².